The van der Waals surface area contributed by atoms with Crippen LogP contribution in [0.25, 0.3) is 0 Å². The Balaban J connectivity index is 1.63. The zero-order chi connectivity index (χ0) is 16.4. The monoisotopic (exact) mass is 318 g/mol. The van der Waals surface area contributed by atoms with E-state index in [9.17, 15) is 4.79 Å². The molecule has 126 valence electrons. The molecular formula is C17H26N4O2. The summed E-state index contributed by atoms with van der Waals surface area (Å²) in [5, 5.41) is 0. The average molecular weight is 318 g/mol. The molecule has 2 aliphatic heterocycles. The van der Waals surface area contributed by atoms with E-state index in [0.29, 0.717) is 12.5 Å². The third kappa shape index (κ3) is 3.63. The minimum Gasteiger partial charge on any atom is -0.441 e. The summed E-state index contributed by atoms with van der Waals surface area (Å²) in [5.74, 6) is 1.25. The van der Waals surface area contributed by atoms with Crippen molar-refractivity contribution in [2.24, 2.45) is 0 Å². The number of rotatable bonds is 3. The number of hydrogen-bond acceptors (Lipinski definition) is 5. The quantitative estimate of drug-likeness (QED) is 0.856. The summed E-state index contributed by atoms with van der Waals surface area (Å²) in [7, 11) is 1.81. The topological polar surface area (TPSA) is 58.6 Å². The molecule has 3 heterocycles. The number of amides is 1. The molecule has 6 nitrogen and oxygen atoms in total. The van der Waals surface area contributed by atoms with E-state index in [4.69, 9.17) is 4.74 Å². The number of hydrogen-bond donors (Lipinski definition) is 0. The van der Waals surface area contributed by atoms with E-state index in [1.54, 1.807) is 4.90 Å². The molecule has 0 aromatic carbocycles. The summed E-state index contributed by atoms with van der Waals surface area (Å²) in [5.41, 5.74) is 0.787. The molecule has 0 unspecified atom stereocenters. The van der Waals surface area contributed by atoms with Gasteiger partial charge < -0.3 is 9.64 Å². The minimum absolute atomic E-state index is 0.184. The van der Waals surface area contributed by atoms with Crippen molar-refractivity contribution >= 4 is 6.09 Å². The third-order valence-electron chi connectivity index (χ3n) is 4.77. The maximum atomic E-state index is 11.7. The summed E-state index contributed by atoms with van der Waals surface area (Å²) < 4.78 is 5.67. The lowest BCUT2D eigenvalue weighted by atomic mass is 9.95. The molecule has 0 aliphatic carbocycles. The Bertz CT molecular complexity index is 577. The van der Waals surface area contributed by atoms with Crippen LogP contribution in [0.5, 0.6) is 0 Å². The molecule has 1 aromatic heterocycles. The van der Waals surface area contributed by atoms with Gasteiger partial charge in [-0.2, -0.15) is 0 Å². The van der Waals surface area contributed by atoms with Gasteiger partial charge in [-0.3, -0.25) is 4.90 Å². The van der Waals surface area contributed by atoms with Gasteiger partial charge in [0.2, 0.25) is 0 Å². The van der Waals surface area contributed by atoms with Crippen LogP contribution in [0.1, 0.15) is 50.5 Å². The molecule has 1 aromatic rings. The number of aromatic nitrogens is 2. The number of carbonyl (C=O) groups is 1. The van der Waals surface area contributed by atoms with Gasteiger partial charge in [-0.05, 0) is 25.5 Å². The van der Waals surface area contributed by atoms with Crippen molar-refractivity contribution in [3.8, 4) is 0 Å². The zero-order valence-electron chi connectivity index (χ0n) is 14.3. The highest BCUT2D eigenvalue weighted by molar-refractivity contribution is 5.70. The second-order valence-corrected chi connectivity index (χ2v) is 7.10. The molecule has 0 radical (unpaired) electrons. The van der Waals surface area contributed by atoms with Gasteiger partial charge in [-0.1, -0.05) is 13.8 Å². The van der Waals surface area contributed by atoms with Crippen molar-refractivity contribution in [1.82, 2.24) is 19.8 Å². The fourth-order valence-corrected chi connectivity index (χ4v) is 3.44. The van der Waals surface area contributed by atoms with Crippen LogP contribution in [0.4, 0.5) is 4.79 Å². The molecule has 1 atom stereocenters. The van der Waals surface area contributed by atoms with Crippen LogP contribution in [0.2, 0.25) is 0 Å². The molecule has 2 aliphatic rings. The van der Waals surface area contributed by atoms with Gasteiger partial charge in [0.1, 0.15) is 11.4 Å². The Morgan fingerprint density at radius 2 is 2.17 bits per heavy atom. The van der Waals surface area contributed by atoms with Crippen LogP contribution in [0.15, 0.2) is 12.3 Å². The van der Waals surface area contributed by atoms with Crippen molar-refractivity contribution in [3.63, 3.8) is 0 Å². The summed E-state index contributed by atoms with van der Waals surface area (Å²) in [4.78, 5) is 24.8. The zero-order valence-corrected chi connectivity index (χ0v) is 14.3. The number of likely N-dealkylation sites (N-methyl/N-ethyl adjacent to an activating group) is 1. The van der Waals surface area contributed by atoms with Crippen molar-refractivity contribution in [2.45, 2.75) is 51.2 Å². The SMILES string of the molecule is CC(C)c1nccc(CN2CCC[C@]3(CC2)CN(C)C(=O)O3)n1. The largest absolute Gasteiger partial charge is 0.441 e. The highest BCUT2D eigenvalue weighted by atomic mass is 16.6. The van der Waals surface area contributed by atoms with Crippen LogP contribution in [-0.2, 0) is 11.3 Å². The third-order valence-corrected chi connectivity index (χ3v) is 4.77. The Morgan fingerprint density at radius 3 is 2.87 bits per heavy atom. The van der Waals surface area contributed by atoms with Crippen LogP contribution < -0.4 is 0 Å². The van der Waals surface area contributed by atoms with Crippen LogP contribution in [-0.4, -0.2) is 58.1 Å². The molecular weight excluding hydrogens is 292 g/mol. The van der Waals surface area contributed by atoms with E-state index in [0.717, 1.165) is 50.4 Å². The average Bonchev–Trinajstić information content (AvgIpc) is 2.67. The molecule has 0 saturated carbocycles. The molecule has 1 amide bonds. The minimum atomic E-state index is -0.282. The molecule has 3 rings (SSSR count). The van der Waals surface area contributed by atoms with Crippen LogP contribution in [0.3, 0.4) is 0 Å². The maximum Gasteiger partial charge on any atom is 0.410 e. The fraction of sp³-hybridized carbons (Fsp3) is 0.706. The normalized spacial score (nSPS) is 25.9. The van der Waals surface area contributed by atoms with E-state index < -0.39 is 0 Å². The first-order valence-corrected chi connectivity index (χ1v) is 8.46. The first-order chi connectivity index (χ1) is 11.0. The predicted octanol–water partition coefficient (Wildman–Crippen LogP) is 2.41. The van der Waals surface area contributed by atoms with Gasteiger partial charge in [0, 0.05) is 38.7 Å². The molecule has 1 spiro atoms. The van der Waals surface area contributed by atoms with Crippen LogP contribution in [0, 0.1) is 0 Å². The molecule has 2 fully saturated rings. The van der Waals surface area contributed by atoms with Crippen molar-refractivity contribution in [1.29, 1.82) is 0 Å². The van der Waals surface area contributed by atoms with Gasteiger partial charge in [-0.15, -0.1) is 0 Å². The summed E-state index contributed by atoms with van der Waals surface area (Å²) >= 11 is 0. The van der Waals surface area contributed by atoms with Crippen molar-refractivity contribution < 1.29 is 9.53 Å². The molecule has 0 N–H and O–H groups in total. The molecule has 2 saturated heterocycles. The van der Waals surface area contributed by atoms with E-state index in [1.165, 1.54) is 0 Å². The van der Waals surface area contributed by atoms with Gasteiger partial charge in [0.05, 0.1) is 12.2 Å². The van der Waals surface area contributed by atoms with E-state index >= 15 is 0 Å². The number of carbonyl (C=O) groups excluding carboxylic acids is 1. The lowest BCUT2D eigenvalue weighted by Gasteiger charge is -2.25. The highest BCUT2D eigenvalue weighted by Gasteiger charge is 2.44. The summed E-state index contributed by atoms with van der Waals surface area (Å²) in [6.07, 6.45) is 4.55. The van der Waals surface area contributed by atoms with Gasteiger partial charge in [0.15, 0.2) is 0 Å². The Hall–Kier alpha value is -1.69. The Labute approximate surface area is 137 Å². The predicted molar refractivity (Wildman–Crippen MR) is 87.1 cm³/mol. The van der Waals surface area contributed by atoms with E-state index in [-0.39, 0.29) is 11.7 Å². The smallest absolute Gasteiger partial charge is 0.410 e. The summed E-state index contributed by atoms with van der Waals surface area (Å²) in [6, 6.07) is 2.00. The second-order valence-electron chi connectivity index (χ2n) is 7.10. The number of ether oxygens (including phenoxy) is 1. The first-order valence-electron chi connectivity index (χ1n) is 8.46. The summed E-state index contributed by atoms with van der Waals surface area (Å²) in [6.45, 7) is 7.72. The molecule has 23 heavy (non-hydrogen) atoms. The van der Waals surface area contributed by atoms with Crippen molar-refractivity contribution in [3.05, 3.63) is 23.8 Å². The first kappa shape index (κ1) is 16.2. The van der Waals surface area contributed by atoms with Gasteiger partial charge in [-0.25, -0.2) is 14.8 Å². The molecule has 0 bridgehead atoms. The molecule has 6 heteroatoms. The van der Waals surface area contributed by atoms with Gasteiger partial charge in [0.25, 0.3) is 0 Å². The Morgan fingerprint density at radius 1 is 1.35 bits per heavy atom. The van der Waals surface area contributed by atoms with Crippen LogP contribution >= 0.6 is 0 Å². The van der Waals surface area contributed by atoms with E-state index in [2.05, 4.69) is 28.7 Å². The second kappa shape index (κ2) is 6.43. The number of nitrogens with zero attached hydrogens (tertiary/aromatic N) is 4. The lowest BCUT2D eigenvalue weighted by Crippen LogP contribution is -2.35. The maximum absolute atomic E-state index is 11.7. The van der Waals surface area contributed by atoms with E-state index in [1.807, 2.05) is 19.3 Å². The highest BCUT2D eigenvalue weighted by Crippen LogP contribution is 2.32. The standard InChI is InChI=1S/C17H26N4O2/c1-13(2)15-18-8-5-14(19-15)11-21-9-4-6-17(7-10-21)12-20(3)16(22)23-17/h5,8,13H,4,6-7,9-12H2,1-3H3/t17-/m0/s1. The lowest BCUT2D eigenvalue weighted by molar-refractivity contribution is 0.0442. The van der Waals surface area contributed by atoms with Gasteiger partial charge >= 0.3 is 6.09 Å². The fourth-order valence-electron chi connectivity index (χ4n) is 3.44. The Kier molecular flexibility index (Phi) is 4.53. The number of likely N-dealkylation sites (tertiary alicyclic amines) is 1. The van der Waals surface area contributed by atoms with Crippen molar-refractivity contribution in [2.75, 3.05) is 26.7 Å².